The van der Waals surface area contributed by atoms with E-state index in [0.717, 1.165) is 6.08 Å². The molecule has 0 bridgehead atoms. The lowest BCUT2D eigenvalue weighted by atomic mass is 9.86. The van der Waals surface area contributed by atoms with Crippen LogP contribution in [-0.4, -0.2) is 17.3 Å². The zero-order valence-electron chi connectivity index (χ0n) is 10.8. The number of hydrogen-bond acceptors (Lipinski definition) is 3. The molecule has 0 aliphatic heterocycles. The summed E-state index contributed by atoms with van der Waals surface area (Å²) in [6, 6.07) is 12.7. The molecule has 102 valence electrons. The Balaban J connectivity index is 2.04. The summed E-state index contributed by atoms with van der Waals surface area (Å²) in [5.74, 6) is -1.23. The van der Waals surface area contributed by atoms with Crippen molar-refractivity contribution in [2.75, 3.05) is 0 Å². The van der Waals surface area contributed by atoms with Gasteiger partial charge in [0.2, 0.25) is 0 Å². The summed E-state index contributed by atoms with van der Waals surface area (Å²) in [5.41, 5.74) is 0.810. The number of fused-ring (bicyclic) bond motifs is 1. The Labute approximate surface area is 125 Å². The van der Waals surface area contributed by atoms with Crippen molar-refractivity contribution in [1.82, 2.24) is 0 Å². The average molecular weight is 297 g/mol. The van der Waals surface area contributed by atoms with Crippen LogP contribution in [0.15, 0.2) is 60.2 Å². The lowest BCUT2D eigenvalue weighted by Gasteiger charge is -2.14. The molecule has 0 saturated heterocycles. The van der Waals surface area contributed by atoms with Gasteiger partial charge in [-0.25, -0.2) is 0 Å². The molecule has 2 aromatic rings. The number of allylic oxidation sites excluding steroid dienone is 2. The van der Waals surface area contributed by atoms with E-state index in [1.165, 1.54) is 12.1 Å². The zero-order chi connectivity index (χ0) is 15.0. The van der Waals surface area contributed by atoms with Crippen LogP contribution in [0.2, 0.25) is 5.02 Å². The molecule has 0 atom stereocenters. The normalized spacial score (nSPS) is 13.7. The monoisotopic (exact) mass is 296 g/mol. The Morgan fingerprint density at radius 2 is 1.48 bits per heavy atom. The minimum Gasteiger partial charge on any atom is -0.289 e. The topological polar surface area (TPSA) is 51.2 Å². The second kappa shape index (κ2) is 5.11. The summed E-state index contributed by atoms with van der Waals surface area (Å²) in [6.07, 6.45) is 1.11. The van der Waals surface area contributed by atoms with Gasteiger partial charge in [0.25, 0.3) is 0 Å². The minimum absolute atomic E-state index is 0.110. The Morgan fingerprint density at radius 3 is 2.14 bits per heavy atom. The van der Waals surface area contributed by atoms with E-state index in [1.807, 2.05) is 0 Å². The lowest BCUT2D eigenvalue weighted by molar-refractivity contribution is 0.0934. The van der Waals surface area contributed by atoms with Crippen LogP contribution in [0.25, 0.3) is 0 Å². The van der Waals surface area contributed by atoms with Crippen molar-refractivity contribution in [2.45, 2.75) is 0 Å². The van der Waals surface area contributed by atoms with E-state index in [4.69, 9.17) is 11.6 Å². The summed E-state index contributed by atoms with van der Waals surface area (Å²) in [7, 11) is 0. The third-order valence-electron chi connectivity index (χ3n) is 3.31. The molecule has 0 N–H and O–H groups in total. The van der Waals surface area contributed by atoms with E-state index in [0.29, 0.717) is 16.1 Å². The van der Waals surface area contributed by atoms with E-state index in [-0.39, 0.29) is 16.9 Å². The van der Waals surface area contributed by atoms with Gasteiger partial charge in [-0.3, -0.25) is 14.4 Å². The van der Waals surface area contributed by atoms with E-state index >= 15 is 0 Å². The van der Waals surface area contributed by atoms with Gasteiger partial charge in [-0.1, -0.05) is 35.9 Å². The van der Waals surface area contributed by atoms with Crippen molar-refractivity contribution >= 4 is 29.0 Å². The van der Waals surface area contributed by atoms with Crippen molar-refractivity contribution in [3.8, 4) is 0 Å². The molecule has 0 heterocycles. The van der Waals surface area contributed by atoms with Crippen molar-refractivity contribution < 1.29 is 14.4 Å². The predicted molar refractivity (Wildman–Crippen MR) is 79.0 cm³/mol. The van der Waals surface area contributed by atoms with E-state index in [1.54, 1.807) is 36.4 Å². The number of hydrogen-bond donors (Lipinski definition) is 0. The first kappa shape index (κ1) is 13.5. The number of carbonyl (C=O) groups is 3. The Morgan fingerprint density at radius 1 is 0.857 bits per heavy atom. The van der Waals surface area contributed by atoms with Crippen molar-refractivity contribution in [3.05, 3.63) is 81.9 Å². The number of ketones is 3. The number of Topliss-reactive ketones (excluding diaryl/α,β-unsaturated/α-hetero) is 2. The molecule has 21 heavy (non-hydrogen) atoms. The quantitative estimate of drug-likeness (QED) is 0.629. The van der Waals surface area contributed by atoms with Crippen LogP contribution >= 0.6 is 11.6 Å². The summed E-state index contributed by atoms with van der Waals surface area (Å²) < 4.78 is 0. The summed E-state index contributed by atoms with van der Waals surface area (Å²) in [4.78, 5) is 36.8. The molecule has 1 aliphatic carbocycles. The highest BCUT2D eigenvalue weighted by molar-refractivity contribution is 6.38. The molecule has 0 unspecified atom stereocenters. The van der Waals surface area contributed by atoms with Gasteiger partial charge in [0.1, 0.15) is 0 Å². The molecule has 3 rings (SSSR count). The van der Waals surface area contributed by atoms with Crippen LogP contribution in [0.3, 0.4) is 0 Å². The van der Waals surface area contributed by atoms with Gasteiger partial charge >= 0.3 is 0 Å². The fraction of sp³-hybridized carbons (Fsp3) is 0. The molecule has 0 amide bonds. The first-order valence-corrected chi connectivity index (χ1v) is 6.66. The molecule has 0 spiro atoms. The van der Waals surface area contributed by atoms with Crippen LogP contribution in [-0.2, 0) is 0 Å². The van der Waals surface area contributed by atoms with E-state index in [9.17, 15) is 14.4 Å². The highest BCUT2D eigenvalue weighted by atomic mass is 35.5. The second-order valence-electron chi connectivity index (χ2n) is 4.63. The average Bonchev–Trinajstić information content (AvgIpc) is 2.51. The fourth-order valence-corrected chi connectivity index (χ4v) is 2.37. The maximum absolute atomic E-state index is 12.4. The molecule has 0 radical (unpaired) electrons. The van der Waals surface area contributed by atoms with Crippen molar-refractivity contribution in [1.29, 1.82) is 0 Å². The smallest absolute Gasteiger partial charge is 0.197 e. The lowest BCUT2D eigenvalue weighted by Crippen LogP contribution is -2.22. The van der Waals surface area contributed by atoms with Crippen LogP contribution in [0.4, 0.5) is 0 Å². The molecular formula is C17H9ClO3. The van der Waals surface area contributed by atoms with E-state index < -0.39 is 11.6 Å². The van der Waals surface area contributed by atoms with E-state index in [2.05, 4.69) is 0 Å². The Bertz CT molecular complexity index is 801. The van der Waals surface area contributed by atoms with Gasteiger partial charge in [0.05, 0.1) is 5.57 Å². The Kier molecular flexibility index (Phi) is 3.28. The molecule has 0 aromatic heterocycles. The molecular weight excluding hydrogens is 288 g/mol. The first-order chi connectivity index (χ1) is 10.1. The van der Waals surface area contributed by atoms with Gasteiger partial charge in [-0.15, -0.1) is 0 Å². The highest BCUT2D eigenvalue weighted by Crippen LogP contribution is 2.24. The standard InChI is InChI=1S/C17H9ClO3/c18-11-7-5-10(6-8-11)16(20)14-9-15(19)12-3-1-2-4-13(12)17(14)21/h1-9H. The third-order valence-corrected chi connectivity index (χ3v) is 3.56. The van der Waals surface area contributed by atoms with Crippen molar-refractivity contribution in [3.63, 3.8) is 0 Å². The first-order valence-electron chi connectivity index (χ1n) is 6.28. The van der Waals surface area contributed by atoms with Crippen molar-refractivity contribution in [2.24, 2.45) is 0 Å². The van der Waals surface area contributed by atoms with Crippen LogP contribution in [0.1, 0.15) is 31.1 Å². The maximum atomic E-state index is 12.4. The molecule has 0 fully saturated rings. The van der Waals surface area contributed by atoms with Crippen LogP contribution < -0.4 is 0 Å². The summed E-state index contributed by atoms with van der Waals surface area (Å²) in [5, 5.41) is 0.497. The molecule has 4 heteroatoms. The van der Waals surface area contributed by atoms with Gasteiger partial charge in [0.15, 0.2) is 17.3 Å². The second-order valence-corrected chi connectivity index (χ2v) is 5.07. The molecule has 3 nitrogen and oxygen atoms in total. The molecule has 2 aromatic carbocycles. The minimum atomic E-state index is -0.473. The van der Waals surface area contributed by atoms with Gasteiger partial charge in [-0.05, 0) is 24.3 Å². The number of rotatable bonds is 2. The largest absolute Gasteiger partial charge is 0.289 e. The predicted octanol–water partition coefficient (Wildman–Crippen LogP) is 3.53. The number of carbonyl (C=O) groups excluding carboxylic acids is 3. The van der Waals surface area contributed by atoms with Gasteiger partial charge in [-0.2, -0.15) is 0 Å². The third kappa shape index (κ3) is 2.32. The van der Waals surface area contributed by atoms with Crippen LogP contribution in [0.5, 0.6) is 0 Å². The summed E-state index contributed by atoms with van der Waals surface area (Å²) >= 11 is 5.77. The van der Waals surface area contributed by atoms with Gasteiger partial charge in [0, 0.05) is 27.8 Å². The highest BCUT2D eigenvalue weighted by Gasteiger charge is 2.29. The number of benzene rings is 2. The summed E-state index contributed by atoms with van der Waals surface area (Å²) in [6.45, 7) is 0. The molecule has 0 saturated carbocycles. The number of halogens is 1. The SMILES string of the molecule is O=C(C1=CC(=O)c2ccccc2C1=O)c1ccc(Cl)cc1. The van der Waals surface area contributed by atoms with Gasteiger partial charge < -0.3 is 0 Å². The Hall–Kier alpha value is -2.52. The van der Waals surface area contributed by atoms with Crippen LogP contribution in [0, 0.1) is 0 Å². The maximum Gasteiger partial charge on any atom is 0.197 e. The fourth-order valence-electron chi connectivity index (χ4n) is 2.24. The molecule has 1 aliphatic rings. The zero-order valence-corrected chi connectivity index (χ0v) is 11.6.